The number of H-pyrrole nitrogens is 2. The van der Waals surface area contributed by atoms with E-state index < -0.39 is 0 Å². The predicted octanol–water partition coefficient (Wildman–Crippen LogP) is -0.514. The smallest absolute Gasteiger partial charge is 0.344 e. The Morgan fingerprint density at radius 2 is 1.93 bits per heavy atom. The fraction of sp³-hybridized carbons (Fsp3) is 0.750. The molecule has 0 saturated heterocycles. The molecule has 6 heteroatoms. The summed E-state index contributed by atoms with van der Waals surface area (Å²) < 4.78 is 0. The molecule has 6 nitrogen and oxygen atoms in total. The van der Waals surface area contributed by atoms with Gasteiger partial charge in [0.05, 0.1) is 0 Å². The molecule has 1 rings (SSSR count). The summed E-state index contributed by atoms with van der Waals surface area (Å²) in [5.41, 5.74) is -0.334. The highest BCUT2D eigenvalue weighted by Gasteiger charge is 2.04. The monoisotopic (exact) mass is 199 g/mol. The molecule has 0 saturated carbocycles. The number of anilines is 1. The number of aromatic amines is 2. The van der Waals surface area contributed by atoms with Gasteiger partial charge in [-0.15, -0.1) is 0 Å². The Hall–Kier alpha value is -1.30. The fourth-order valence-electron chi connectivity index (χ4n) is 1.17. The lowest BCUT2D eigenvalue weighted by atomic mass is 10.4. The van der Waals surface area contributed by atoms with Crippen molar-refractivity contribution >= 4 is 5.95 Å². The quantitative estimate of drug-likeness (QED) is 0.670. The third-order valence-corrected chi connectivity index (χ3v) is 1.95. The molecule has 0 spiro atoms. The topological polar surface area (TPSA) is 68.0 Å². The van der Waals surface area contributed by atoms with E-state index in [2.05, 4.69) is 20.1 Å². The normalized spacial score (nSPS) is 10.9. The first-order valence-corrected chi connectivity index (χ1v) is 4.60. The van der Waals surface area contributed by atoms with Gasteiger partial charge in [-0.3, -0.25) is 5.10 Å². The van der Waals surface area contributed by atoms with Crippen LogP contribution in [-0.2, 0) is 0 Å². The van der Waals surface area contributed by atoms with Gasteiger partial charge in [0.25, 0.3) is 0 Å². The Kier molecular flexibility index (Phi) is 3.70. The molecule has 80 valence electrons. The van der Waals surface area contributed by atoms with E-state index in [1.165, 1.54) is 0 Å². The molecule has 0 radical (unpaired) electrons. The van der Waals surface area contributed by atoms with Crippen molar-refractivity contribution in [1.29, 1.82) is 0 Å². The summed E-state index contributed by atoms with van der Waals surface area (Å²) in [6.07, 6.45) is 1.04. The van der Waals surface area contributed by atoms with Crippen LogP contribution in [0.1, 0.15) is 6.42 Å². The molecule has 1 aromatic heterocycles. The van der Waals surface area contributed by atoms with E-state index in [4.69, 9.17) is 0 Å². The molecule has 0 aliphatic heterocycles. The van der Waals surface area contributed by atoms with Crippen LogP contribution in [0.25, 0.3) is 0 Å². The minimum atomic E-state index is -0.334. The number of hydrogen-bond donors (Lipinski definition) is 2. The average molecular weight is 199 g/mol. The molecule has 0 amide bonds. The van der Waals surface area contributed by atoms with Crippen LogP contribution >= 0.6 is 0 Å². The Morgan fingerprint density at radius 1 is 1.21 bits per heavy atom. The van der Waals surface area contributed by atoms with E-state index in [1.807, 2.05) is 26.0 Å². The molecule has 1 aromatic rings. The number of rotatable bonds is 5. The van der Waals surface area contributed by atoms with Crippen LogP contribution in [0, 0.1) is 0 Å². The zero-order chi connectivity index (χ0) is 10.6. The lowest BCUT2D eigenvalue weighted by molar-refractivity contribution is 0.401. The number of nitrogens with one attached hydrogen (secondary N) is 2. The minimum absolute atomic E-state index is 0.334. The van der Waals surface area contributed by atoms with Crippen LogP contribution in [0.15, 0.2) is 4.79 Å². The lowest BCUT2D eigenvalue weighted by Crippen LogP contribution is -2.24. The zero-order valence-electron chi connectivity index (χ0n) is 8.87. The van der Waals surface area contributed by atoms with Gasteiger partial charge in [0.15, 0.2) is 0 Å². The highest BCUT2D eigenvalue weighted by Crippen LogP contribution is 1.99. The van der Waals surface area contributed by atoms with E-state index >= 15 is 0 Å². The van der Waals surface area contributed by atoms with E-state index in [-0.39, 0.29) is 5.69 Å². The molecule has 0 unspecified atom stereocenters. The van der Waals surface area contributed by atoms with Crippen LogP contribution in [0.2, 0.25) is 0 Å². The van der Waals surface area contributed by atoms with E-state index in [0.717, 1.165) is 19.5 Å². The maximum Gasteiger partial charge on any atom is 0.362 e. The molecule has 0 aliphatic carbocycles. The third-order valence-electron chi connectivity index (χ3n) is 1.95. The second kappa shape index (κ2) is 4.80. The largest absolute Gasteiger partial charge is 0.362 e. The molecule has 14 heavy (non-hydrogen) atoms. The summed E-state index contributed by atoms with van der Waals surface area (Å²) >= 11 is 0. The standard InChI is InChI=1S/C8H17N5O/c1-12(2)5-4-6-13(3)7-9-8(14)11-10-7/h4-6H2,1-3H3,(H2,9,10,11,14). The van der Waals surface area contributed by atoms with E-state index in [1.54, 1.807) is 0 Å². The van der Waals surface area contributed by atoms with Crippen molar-refractivity contribution in [3.8, 4) is 0 Å². The molecular formula is C8H17N5O. The van der Waals surface area contributed by atoms with Crippen molar-refractivity contribution in [2.24, 2.45) is 0 Å². The maximum atomic E-state index is 10.7. The van der Waals surface area contributed by atoms with Crippen LogP contribution in [0.5, 0.6) is 0 Å². The van der Waals surface area contributed by atoms with Crippen molar-refractivity contribution in [1.82, 2.24) is 20.1 Å². The van der Waals surface area contributed by atoms with Crippen LogP contribution in [0.4, 0.5) is 5.95 Å². The highest BCUT2D eigenvalue weighted by molar-refractivity contribution is 5.24. The van der Waals surface area contributed by atoms with Gasteiger partial charge in [0, 0.05) is 13.6 Å². The molecular weight excluding hydrogens is 182 g/mol. The van der Waals surface area contributed by atoms with Crippen molar-refractivity contribution in [3.05, 3.63) is 10.5 Å². The Bertz CT molecular complexity index is 316. The Balaban J connectivity index is 2.35. The second-order valence-corrected chi connectivity index (χ2v) is 3.57. The molecule has 0 bridgehead atoms. The second-order valence-electron chi connectivity index (χ2n) is 3.57. The fourth-order valence-corrected chi connectivity index (χ4v) is 1.17. The first kappa shape index (κ1) is 10.8. The highest BCUT2D eigenvalue weighted by atomic mass is 16.1. The SMILES string of the molecule is CN(C)CCCN(C)c1nc(=O)[nH][nH]1. The summed E-state index contributed by atoms with van der Waals surface area (Å²) in [6, 6.07) is 0. The minimum Gasteiger partial charge on any atom is -0.344 e. The summed E-state index contributed by atoms with van der Waals surface area (Å²) in [5, 5.41) is 5.11. The molecule has 1 heterocycles. The van der Waals surface area contributed by atoms with Gasteiger partial charge in [0.2, 0.25) is 5.95 Å². The van der Waals surface area contributed by atoms with E-state index in [0.29, 0.717) is 5.95 Å². The van der Waals surface area contributed by atoms with Gasteiger partial charge in [-0.2, -0.15) is 4.98 Å². The molecule has 0 atom stereocenters. The van der Waals surface area contributed by atoms with Gasteiger partial charge in [-0.1, -0.05) is 0 Å². The first-order valence-electron chi connectivity index (χ1n) is 4.60. The Labute approximate surface area is 82.9 Å². The third kappa shape index (κ3) is 3.21. The summed E-state index contributed by atoms with van der Waals surface area (Å²) in [5.74, 6) is 0.591. The van der Waals surface area contributed by atoms with E-state index in [9.17, 15) is 4.79 Å². The number of nitrogens with zero attached hydrogens (tertiary/aromatic N) is 3. The molecule has 0 fully saturated rings. The van der Waals surface area contributed by atoms with Crippen molar-refractivity contribution in [3.63, 3.8) is 0 Å². The Morgan fingerprint density at radius 3 is 2.43 bits per heavy atom. The van der Waals surface area contributed by atoms with Crippen molar-refractivity contribution < 1.29 is 0 Å². The van der Waals surface area contributed by atoms with Crippen LogP contribution < -0.4 is 10.6 Å². The maximum absolute atomic E-state index is 10.7. The predicted molar refractivity (Wildman–Crippen MR) is 55.6 cm³/mol. The summed E-state index contributed by atoms with van der Waals surface area (Å²) in [6.45, 7) is 1.90. The van der Waals surface area contributed by atoms with Gasteiger partial charge >= 0.3 is 5.69 Å². The van der Waals surface area contributed by atoms with Gasteiger partial charge in [-0.05, 0) is 27.1 Å². The van der Waals surface area contributed by atoms with Crippen molar-refractivity contribution in [2.45, 2.75) is 6.42 Å². The van der Waals surface area contributed by atoms with Gasteiger partial charge in [-0.25, -0.2) is 9.89 Å². The molecule has 2 N–H and O–H groups in total. The van der Waals surface area contributed by atoms with Gasteiger partial charge < -0.3 is 9.80 Å². The summed E-state index contributed by atoms with van der Waals surface area (Å²) in [4.78, 5) is 18.5. The van der Waals surface area contributed by atoms with Crippen LogP contribution in [0.3, 0.4) is 0 Å². The number of hydrogen-bond acceptors (Lipinski definition) is 4. The zero-order valence-corrected chi connectivity index (χ0v) is 8.87. The van der Waals surface area contributed by atoms with Gasteiger partial charge in [0.1, 0.15) is 0 Å². The lowest BCUT2D eigenvalue weighted by Gasteiger charge is -2.16. The molecule has 0 aliphatic rings. The first-order chi connectivity index (χ1) is 6.59. The van der Waals surface area contributed by atoms with Crippen LogP contribution in [-0.4, -0.2) is 54.3 Å². The summed E-state index contributed by atoms with van der Waals surface area (Å²) in [7, 11) is 5.98. The number of aromatic nitrogens is 3. The molecule has 0 aromatic carbocycles. The average Bonchev–Trinajstić information content (AvgIpc) is 2.51. The van der Waals surface area contributed by atoms with Crippen molar-refractivity contribution in [2.75, 3.05) is 39.1 Å².